The van der Waals surface area contributed by atoms with Crippen LogP contribution < -0.4 is 29.6 Å². The van der Waals surface area contributed by atoms with Crippen LogP contribution in [0.1, 0.15) is 90.4 Å². The first-order valence-electron chi connectivity index (χ1n) is 16.1. The van der Waals surface area contributed by atoms with Crippen molar-refractivity contribution in [3.63, 3.8) is 0 Å². The van der Waals surface area contributed by atoms with Gasteiger partial charge in [0.25, 0.3) is 0 Å². The zero-order valence-corrected chi connectivity index (χ0v) is 31.3. The molecule has 0 radical (unpaired) electrons. The topological polar surface area (TPSA) is 130 Å². The molecular formula is C30H46ClN2NaO7S3. The summed E-state index contributed by atoms with van der Waals surface area (Å²) in [6.45, 7) is 3.27. The number of hydrogen-bond acceptors (Lipinski definition) is 9. The van der Waals surface area contributed by atoms with E-state index < -0.39 is 20.2 Å². The van der Waals surface area contributed by atoms with E-state index in [0.29, 0.717) is 43.0 Å². The van der Waals surface area contributed by atoms with Crippen LogP contribution in [-0.2, 0) is 25.0 Å². The Kier molecular flexibility index (Phi) is 13.5. The third-order valence-electron chi connectivity index (χ3n) is 10.0. The molecule has 0 aromatic rings. The SMILES string of the molecule is CCC(=CC1=[N+](CCCCS(=O)(=O)[O-])C2CC(Cl)CCC2S1)C=C1OC2CCC3CCCCC3C2N1CCCS(=O)(=O)[O-].[Na+]. The predicted molar refractivity (Wildman–Crippen MR) is 168 cm³/mol. The molecule has 5 aliphatic rings. The Morgan fingerprint density at radius 3 is 2.48 bits per heavy atom. The number of alkyl halides is 1. The summed E-state index contributed by atoms with van der Waals surface area (Å²) >= 11 is 8.45. The normalized spacial score (nSPS) is 33.5. The van der Waals surface area contributed by atoms with Crippen molar-refractivity contribution in [1.82, 2.24) is 4.90 Å². The average Bonchev–Trinajstić information content (AvgIpc) is 3.46. The van der Waals surface area contributed by atoms with Gasteiger partial charge in [0.05, 0.1) is 31.5 Å². The summed E-state index contributed by atoms with van der Waals surface area (Å²) in [5.41, 5.74) is 1.10. The third kappa shape index (κ3) is 9.65. The van der Waals surface area contributed by atoms with Crippen LogP contribution in [-0.4, -0.2) is 93.9 Å². The second-order valence-corrected chi connectivity index (χ2v) is 17.9. The van der Waals surface area contributed by atoms with E-state index >= 15 is 0 Å². The van der Waals surface area contributed by atoms with E-state index in [0.717, 1.165) is 55.0 Å². The summed E-state index contributed by atoms with van der Waals surface area (Å²) in [7, 11) is -8.52. The largest absolute Gasteiger partial charge is 1.00 e. The molecule has 3 saturated carbocycles. The van der Waals surface area contributed by atoms with E-state index in [9.17, 15) is 25.9 Å². The first-order valence-corrected chi connectivity index (χ1v) is 20.6. The molecule has 3 aliphatic carbocycles. The maximum atomic E-state index is 11.4. The predicted octanol–water partition coefficient (Wildman–Crippen LogP) is 1.78. The van der Waals surface area contributed by atoms with Gasteiger partial charge in [-0.3, -0.25) is 0 Å². The number of unbranched alkanes of at least 4 members (excludes halogenated alkanes) is 1. The quantitative estimate of drug-likeness (QED) is 0.0984. The van der Waals surface area contributed by atoms with Gasteiger partial charge in [-0.15, -0.1) is 11.6 Å². The van der Waals surface area contributed by atoms with E-state index in [1.165, 1.54) is 25.7 Å². The van der Waals surface area contributed by atoms with Gasteiger partial charge < -0.3 is 18.7 Å². The van der Waals surface area contributed by atoms with Gasteiger partial charge in [0.1, 0.15) is 12.6 Å². The van der Waals surface area contributed by atoms with Crippen molar-refractivity contribution in [2.24, 2.45) is 11.8 Å². The molecule has 0 amide bonds. The molecule has 7 unspecified atom stereocenters. The number of thioether (sulfide) groups is 1. The summed E-state index contributed by atoms with van der Waals surface area (Å²) < 4.78 is 76.7. The molecule has 2 aliphatic heterocycles. The molecule has 14 heteroatoms. The van der Waals surface area contributed by atoms with Gasteiger partial charge in [0, 0.05) is 48.4 Å². The van der Waals surface area contributed by atoms with E-state index in [-0.39, 0.29) is 71.0 Å². The number of fused-ring (bicyclic) bond motifs is 4. The van der Waals surface area contributed by atoms with Crippen LogP contribution in [0.3, 0.4) is 0 Å². The second kappa shape index (κ2) is 16.1. The Bertz CT molecular complexity index is 1320. The van der Waals surface area contributed by atoms with Gasteiger partial charge in [-0.05, 0) is 80.5 Å². The van der Waals surface area contributed by atoms with Crippen LogP contribution in [0.5, 0.6) is 0 Å². The van der Waals surface area contributed by atoms with Crippen molar-refractivity contribution >= 4 is 48.6 Å². The van der Waals surface area contributed by atoms with Gasteiger partial charge in [-0.2, -0.15) is 0 Å². The summed E-state index contributed by atoms with van der Waals surface area (Å²) in [4.78, 5) is 2.27. The molecule has 9 nitrogen and oxygen atoms in total. The molecule has 44 heavy (non-hydrogen) atoms. The van der Waals surface area contributed by atoms with Crippen LogP contribution in [0.4, 0.5) is 0 Å². The van der Waals surface area contributed by atoms with Crippen molar-refractivity contribution in [3.05, 3.63) is 23.6 Å². The fourth-order valence-corrected chi connectivity index (χ4v) is 10.9. The molecule has 0 bridgehead atoms. The van der Waals surface area contributed by atoms with Crippen LogP contribution >= 0.6 is 23.4 Å². The first-order chi connectivity index (χ1) is 20.4. The average molecular weight is 701 g/mol. The molecule has 4 fully saturated rings. The second-order valence-electron chi connectivity index (χ2n) is 12.9. The van der Waals surface area contributed by atoms with Crippen molar-refractivity contribution in [3.8, 4) is 0 Å². The van der Waals surface area contributed by atoms with Gasteiger partial charge in [-0.1, -0.05) is 26.2 Å². The minimum atomic E-state index is -4.29. The number of nitrogens with zero attached hydrogens (tertiary/aromatic N) is 2. The number of halogens is 1. The minimum absolute atomic E-state index is 0. The zero-order valence-electron chi connectivity index (χ0n) is 26.1. The van der Waals surface area contributed by atoms with Crippen molar-refractivity contribution in [2.75, 3.05) is 24.6 Å². The summed E-state index contributed by atoms with van der Waals surface area (Å²) in [5, 5.41) is 1.69. The Balaban J connectivity index is 0.00000442. The zero-order chi connectivity index (χ0) is 30.8. The summed E-state index contributed by atoms with van der Waals surface area (Å²) in [5.74, 6) is 1.26. The molecule has 244 valence electrons. The molecule has 0 aromatic heterocycles. The first kappa shape index (κ1) is 37.0. The third-order valence-corrected chi connectivity index (χ3v) is 13.5. The molecule has 5 rings (SSSR count). The molecule has 2 heterocycles. The fraction of sp³-hybridized carbons (Fsp3) is 0.833. The van der Waals surface area contributed by atoms with Gasteiger partial charge in [0.15, 0.2) is 11.9 Å². The monoisotopic (exact) mass is 700 g/mol. The van der Waals surface area contributed by atoms with Gasteiger partial charge in [0.2, 0.25) is 5.04 Å². The van der Waals surface area contributed by atoms with Crippen LogP contribution in [0.2, 0.25) is 0 Å². The molecule has 0 spiro atoms. The standard InChI is InChI=1S/C30H47ClN2O7S3.Na/c1-2-21(19-29-32(14-5-6-16-42(34,35)36)25-20-23(31)11-13-27(25)41-29)18-28-33(15-7-17-43(37,38)39)30-24-9-4-3-8-22(24)10-12-26(30)40-28;/h18-19,22-27,30H,2-17,20H2,1H3,(H-,34,35,36,37,38,39);/q;+1/p-1. The molecule has 0 N–H and O–H groups in total. The molecule has 0 aromatic carbocycles. The maximum Gasteiger partial charge on any atom is 1.00 e. The maximum absolute atomic E-state index is 11.4. The number of rotatable bonds is 12. The van der Waals surface area contributed by atoms with Crippen LogP contribution in [0.15, 0.2) is 23.6 Å². The van der Waals surface area contributed by atoms with Crippen molar-refractivity contribution in [1.29, 1.82) is 0 Å². The Morgan fingerprint density at radius 1 is 1.02 bits per heavy atom. The van der Waals surface area contributed by atoms with E-state index in [1.807, 2.05) is 11.8 Å². The van der Waals surface area contributed by atoms with Crippen LogP contribution in [0.25, 0.3) is 0 Å². The Labute approximate surface area is 295 Å². The summed E-state index contributed by atoms with van der Waals surface area (Å²) in [6, 6.07) is 0.491. The summed E-state index contributed by atoms with van der Waals surface area (Å²) in [6.07, 6.45) is 16.4. The minimum Gasteiger partial charge on any atom is -0.748 e. The van der Waals surface area contributed by atoms with Gasteiger partial charge >= 0.3 is 29.6 Å². The van der Waals surface area contributed by atoms with E-state index in [4.69, 9.17) is 16.3 Å². The Morgan fingerprint density at radius 2 is 1.75 bits per heavy atom. The fourth-order valence-electron chi connectivity index (χ4n) is 8.02. The molecular weight excluding hydrogens is 655 g/mol. The Hall–Kier alpha value is 0.210. The van der Waals surface area contributed by atoms with E-state index in [1.54, 1.807) is 0 Å². The van der Waals surface area contributed by atoms with Crippen LogP contribution in [0, 0.1) is 11.8 Å². The smallest absolute Gasteiger partial charge is 0.748 e. The van der Waals surface area contributed by atoms with Gasteiger partial charge in [-0.25, -0.2) is 21.4 Å². The van der Waals surface area contributed by atoms with Crippen molar-refractivity contribution < 1.29 is 64.8 Å². The van der Waals surface area contributed by atoms with E-state index in [2.05, 4.69) is 28.6 Å². The number of hydrogen-bond donors (Lipinski definition) is 0. The molecule has 1 saturated heterocycles. The van der Waals surface area contributed by atoms with Crippen molar-refractivity contribution in [2.45, 2.75) is 119 Å². The molecule has 7 atom stereocenters. The number of ether oxygens (including phenoxy) is 1. The number of allylic oxidation sites excluding steroid dienone is 2.